The van der Waals surface area contributed by atoms with Crippen LogP contribution in [0.4, 0.5) is 9.59 Å². The molecule has 3 aromatic heterocycles. The van der Waals surface area contributed by atoms with Crippen molar-refractivity contribution in [3.8, 4) is 22.5 Å². The number of methoxy groups -OCH3 is 2. The van der Waals surface area contributed by atoms with Gasteiger partial charge in [0, 0.05) is 44.4 Å². The van der Waals surface area contributed by atoms with Crippen molar-refractivity contribution in [1.29, 1.82) is 0 Å². The molecule has 2 aliphatic rings. The van der Waals surface area contributed by atoms with Gasteiger partial charge in [0.15, 0.2) is 0 Å². The zero-order valence-corrected chi connectivity index (χ0v) is 33.5. The van der Waals surface area contributed by atoms with Crippen LogP contribution in [0.1, 0.15) is 77.1 Å². The zero-order valence-electron chi connectivity index (χ0n) is 32.7. The van der Waals surface area contributed by atoms with Crippen molar-refractivity contribution in [2.45, 2.75) is 77.0 Å². The van der Waals surface area contributed by atoms with E-state index in [1.807, 2.05) is 45.0 Å². The zero-order chi connectivity index (χ0) is 39.7. The molecule has 3 amide bonds. The molecule has 0 aliphatic carbocycles. The van der Waals surface area contributed by atoms with Gasteiger partial charge in [-0.1, -0.05) is 52.0 Å². The van der Waals surface area contributed by atoms with Crippen molar-refractivity contribution in [3.63, 3.8) is 0 Å². The third-order valence-corrected chi connectivity index (χ3v) is 12.5. The van der Waals surface area contributed by atoms with Crippen LogP contribution in [0, 0.1) is 11.8 Å². The van der Waals surface area contributed by atoms with E-state index >= 15 is 0 Å². The molecule has 0 bridgehead atoms. The molecular weight excluding hydrogens is 733 g/mol. The number of fused-ring (bicyclic) bond motifs is 3. The molecule has 5 aromatic rings. The summed E-state index contributed by atoms with van der Waals surface area (Å²) in [6.45, 7) is 9.39. The largest absolute Gasteiger partial charge is 0.453 e. The number of likely N-dealkylation sites (tertiary alicyclic amines) is 2. The summed E-state index contributed by atoms with van der Waals surface area (Å²) in [7, 11) is 2.59. The fourth-order valence-corrected chi connectivity index (χ4v) is 9.27. The summed E-state index contributed by atoms with van der Waals surface area (Å²) in [4.78, 5) is 70.8. The second kappa shape index (κ2) is 16.1. The first-order valence-corrected chi connectivity index (χ1v) is 20.0. The van der Waals surface area contributed by atoms with Crippen LogP contribution in [-0.2, 0) is 19.1 Å². The van der Waals surface area contributed by atoms with Gasteiger partial charge in [0.2, 0.25) is 5.91 Å². The summed E-state index contributed by atoms with van der Waals surface area (Å²) in [6.07, 6.45) is 6.75. The Morgan fingerprint density at radius 2 is 1.45 bits per heavy atom. The summed E-state index contributed by atoms with van der Waals surface area (Å²) in [5.41, 5.74) is 2.73. The van der Waals surface area contributed by atoms with E-state index in [1.54, 1.807) is 11.3 Å². The number of ether oxygens (including phenoxy) is 2. The standard InChI is InChI=1S/C41H50N8O6S/c1-23(2)35(46-39(52)54-5)38(51)49-16-8-10-32(49)37-43-20-30(45-37)26-12-14-28-27-13-11-25(17-33(27)56-34(28)18-26)29-19-42-36(44-29)31-9-7-15-48(31)21-41(22-50,24(3)4)47-40(53)55-6/h11-14,17-20,22-24,31-32,35H,7-10,15-16,21H2,1-6H3,(H,42,44)(H,43,45)(H,46,52)(H,47,53)/t31-,32-,35-,41+/m0/s1. The molecule has 56 heavy (non-hydrogen) atoms. The minimum absolute atomic E-state index is 0.0199. The number of hydrogen-bond donors (Lipinski definition) is 4. The number of alkyl carbamates (subject to hydrolysis) is 2. The molecule has 0 radical (unpaired) electrons. The molecule has 15 heteroatoms. The van der Waals surface area contributed by atoms with Crippen LogP contribution in [0.2, 0.25) is 0 Å². The van der Waals surface area contributed by atoms with Crippen LogP contribution in [0.5, 0.6) is 0 Å². The van der Waals surface area contributed by atoms with Gasteiger partial charge in [0.25, 0.3) is 0 Å². The van der Waals surface area contributed by atoms with E-state index in [0.29, 0.717) is 13.1 Å². The van der Waals surface area contributed by atoms with E-state index in [9.17, 15) is 19.2 Å². The number of amides is 3. The molecule has 0 spiro atoms. The van der Waals surface area contributed by atoms with Crippen LogP contribution in [-0.4, -0.2) is 99.6 Å². The maximum absolute atomic E-state index is 13.6. The second-order valence-corrected chi connectivity index (χ2v) is 16.6. The fourth-order valence-electron chi connectivity index (χ4n) is 8.08. The summed E-state index contributed by atoms with van der Waals surface area (Å²) in [6, 6.07) is 12.0. The van der Waals surface area contributed by atoms with Gasteiger partial charge in [-0.05, 0) is 56.2 Å². The number of hydrogen-bond acceptors (Lipinski definition) is 10. The van der Waals surface area contributed by atoms with Gasteiger partial charge >= 0.3 is 12.2 Å². The van der Waals surface area contributed by atoms with Crippen molar-refractivity contribution < 1.29 is 28.7 Å². The SMILES string of the molecule is COC(=O)N[C@H](C(=O)N1CCC[C@H]1c1ncc(-c2ccc3c(c2)sc2cc(-c4cnc([C@@H]5CCCN5C[C@](C=O)(NC(=O)OC)C(C)C)[nH]4)ccc23)[nH]1)C(C)C. The molecule has 4 atom stereocenters. The molecule has 2 fully saturated rings. The smallest absolute Gasteiger partial charge is 0.407 e. The second-order valence-electron chi connectivity index (χ2n) is 15.5. The van der Waals surface area contributed by atoms with Gasteiger partial charge in [0.1, 0.15) is 29.5 Å². The maximum Gasteiger partial charge on any atom is 0.407 e. The molecule has 2 aliphatic heterocycles. The molecule has 4 N–H and O–H groups in total. The average Bonchev–Trinajstić information content (AvgIpc) is 4.04. The number of aldehydes is 1. The quantitative estimate of drug-likeness (QED) is 0.0975. The summed E-state index contributed by atoms with van der Waals surface area (Å²) < 4.78 is 11.9. The van der Waals surface area contributed by atoms with Gasteiger partial charge in [-0.25, -0.2) is 19.6 Å². The first kappa shape index (κ1) is 39.0. The van der Waals surface area contributed by atoms with Crippen LogP contribution in [0.15, 0.2) is 48.8 Å². The van der Waals surface area contributed by atoms with Crippen LogP contribution in [0.25, 0.3) is 42.7 Å². The van der Waals surface area contributed by atoms with Gasteiger partial charge in [-0.3, -0.25) is 9.69 Å². The number of thiophene rings is 1. The molecule has 2 aromatic carbocycles. The van der Waals surface area contributed by atoms with E-state index in [2.05, 4.69) is 61.9 Å². The van der Waals surface area contributed by atoms with E-state index in [1.165, 1.54) is 25.0 Å². The molecule has 7 rings (SSSR count). The molecule has 5 heterocycles. The number of imidazole rings is 2. The highest BCUT2D eigenvalue weighted by Crippen LogP contribution is 2.40. The lowest BCUT2D eigenvalue weighted by atomic mass is 9.87. The summed E-state index contributed by atoms with van der Waals surface area (Å²) >= 11 is 1.73. The Hall–Kier alpha value is -5.28. The van der Waals surface area contributed by atoms with Gasteiger partial charge in [0.05, 0.1) is 50.1 Å². The summed E-state index contributed by atoms with van der Waals surface area (Å²) in [5, 5.41) is 7.84. The minimum Gasteiger partial charge on any atom is -0.453 e. The predicted octanol–water partition coefficient (Wildman–Crippen LogP) is 6.97. The molecular formula is C41H50N8O6S. The number of nitrogens with zero attached hydrogens (tertiary/aromatic N) is 4. The number of carbonyl (C=O) groups excluding carboxylic acids is 4. The van der Waals surface area contributed by atoms with Crippen molar-refractivity contribution in [3.05, 3.63) is 60.4 Å². The number of aromatic amines is 2. The molecule has 2 saturated heterocycles. The first-order valence-electron chi connectivity index (χ1n) is 19.2. The molecule has 14 nitrogen and oxygen atoms in total. The normalized spacial score (nSPS) is 19.1. The lowest BCUT2D eigenvalue weighted by Crippen LogP contribution is -2.60. The van der Waals surface area contributed by atoms with E-state index in [-0.39, 0.29) is 29.8 Å². The van der Waals surface area contributed by atoms with Gasteiger partial charge in [-0.15, -0.1) is 11.3 Å². The predicted molar refractivity (Wildman–Crippen MR) is 215 cm³/mol. The average molecular weight is 783 g/mol. The number of rotatable bonds is 12. The lowest BCUT2D eigenvalue weighted by Gasteiger charge is -2.37. The van der Waals surface area contributed by atoms with E-state index in [4.69, 9.17) is 19.4 Å². The third kappa shape index (κ3) is 7.49. The molecule has 0 saturated carbocycles. The third-order valence-electron chi connectivity index (χ3n) is 11.4. The Morgan fingerprint density at radius 1 is 0.875 bits per heavy atom. The highest BCUT2D eigenvalue weighted by Gasteiger charge is 2.42. The van der Waals surface area contributed by atoms with E-state index in [0.717, 1.165) is 82.1 Å². The van der Waals surface area contributed by atoms with Crippen LogP contribution in [0.3, 0.4) is 0 Å². The highest BCUT2D eigenvalue weighted by molar-refractivity contribution is 7.25. The Kier molecular flexibility index (Phi) is 11.2. The minimum atomic E-state index is -1.09. The van der Waals surface area contributed by atoms with Crippen molar-refractivity contribution in [1.82, 2.24) is 40.4 Å². The van der Waals surface area contributed by atoms with Crippen molar-refractivity contribution in [2.75, 3.05) is 33.9 Å². The first-order chi connectivity index (χ1) is 26.9. The number of aromatic nitrogens is 4. The molecule has 0 unspecified atom stereocenters. The van der Waals surface area contributed by atoms with Gasteiger partial charge < -0.3 is 39.8 Å². The van der Waals surface area contributed by atoms with E-state index < -0.39 is 23.8 Å². The highest BCUT2D eigenvalue weighted by atomic mass is 32.1. The molecule has 296 valence electrons. The monoisotopic (exact) mass is 782 g/mol. The number of nitrogens with one attached hydrogen (secondary N) is 4. The summed E-state index contributed by atoms with van der Waals surface area (Å²) in [5.74, 6) is 1.18. The number of carbonyl (C=O) groups is 4. The van der Waals surface area contributed by atoms with Crippen molar-refractivity contribution >= 4 is 55.9 Å². The Morgan fingerprint density at radius 3 is 2.00 bits per heavy atom. The van der Waals surface area contributed by atoms with Crippen LogP contribution < -0.4 is 10.6 Å². The lowest BCUT2D eigenvalue weighted by molar-refractivity contribution is -0.135. The van der Waals surface area contributed by atoms with Gasteiger partial charge in [-0.2, -0.15) is 0 Å². The topological polar surface area (TPSA) is 175 Å². The Balaban J connectivity index is 1.09. The Labute approximate surface area is 329 Å². The number of benzene rings is 2. The van der Waals surface area contributed by atoms with Crippen LogP contribution >= 0.6 is 11.3 Å². The Bertz CT molecular complexity index is 2240. The maximum atomic E-state index is 13.6. The number of H-pyrrole nitrogens is 2. The fraction of sp³-hybridized carbons (Fsp3) is 0.463. The van der Waals surface area contributed by atoms with Crippen molar-refractivity contribution in [2.24, 2.45) is 11.8 Å².